The summed E-state index contributed by atoms with van der Waals surface area (Å²) in [7, 11) is 1.57. The summed E-state index contributed by atoms with van der Waals surface area (Å²) >= 11 is 1.43. The molecule has 0 amide bonds. The number of nitrogen functional groups attached to an aromatic ring is 1. The van der Waals surface area contributed by atoms with Crippen LogP contribution in [0.25, 0.3) is 10.1 Å². The number of thiophene rings is 1. The number of rotatable bonds is 2. The van der Waals surface area contributed by atoms with Gasteiger partial charge in [0, 0.05) is 10.1 Å². The molecule has 1 aromatic heterocycles. The predicted molar refractivity (Wildman–Crippen MR) is 58.2 cm³/mol. The highest BCUT2D eigenvalue weighted by Gasteiger charge is 2.07. The molecule has 0 spiro atoms. The van der Waals surface area contributed by atoms with Crippen molar-refractivity contribution in [2.75, 3.05) is 12.8 Å². The summed E-state index contributed by atoms with van der Waals surface area (Å²) in [4.78, 5) is 11.3. The molecular weight excluding hydrogens is 198 g/mol. The molecule has 0 fully saturated rings. The number of hydrogen-bond acceptors (Lipinski definition) is 4. The summed E-state index contributed by atoms with van der Waals surface area (Å²) in [6.07, 6.45) is 0.830. The van der Waals surface area contributed by atoms with Gasteiger partial charge in [-0.1, -0.05) is 0 Å². The second kappa shape index (κ2) is 3.31. The van der Waals surface area contributed by atoms with Gasteiger partial charge in [-0.15, -0.1) is 11.3 Å². The van der Waals surface area contributed by atoms with E-state index in [2.05, 4.69) is 0 Å². The highest BCUT2D eigenvalue weighted by molar-refractivity contribution is 7.20. The van der Waals surface area contributed by atoms with Crippen molar-refractivity contribution in [3.8, 4) is 5.75 Å². The van der Waals surface area contributed by atoms with E-state index in [1.54, 1.807) is 13.2 Å². The molecule has 0 aliphatic heterocycles. The molecular formula is C10H9NO2S. The van der Waals surface area contributed by atoms with Crippen molar-refractivity contribution in [1.29, 1.82) is 0 Å². The van der Waals surface area contributed by atoms with Gasteiger partial charge in [-0.25, -0.2) is 0 Å². The van der Waals surface area contributed by atoms with Gasteiger partial charge in [-0.3, -0.25) is 4.79 Å². The Morgan fingerprint density at radius 1 is 1.50 bits per heavy atom. The van der Waals surface area contributed by atoms with E-state index in [9.17, 15) is 4.79 Å². The topological polar surface area (TPSA) is 52.3 Å². The van der Waals surface area contributed by atoms with Crippen LogP contribution < -0.4 is 10.5 Å². The maximum atomic E-state index is 10.6. The average Bonchev–Trinajstić information content (AvgIpc) is 2.62. The molecule has 0 aliphatic carbocycles. The molecule has 0 bridgehead atoms. The van der Waals surface area contributed by atoms with E-state index >= 15 is 0 Å². The lowest BCUT2D eigenvalue weighted by Crippen LogP contribution is -1.91. The minimum absolute atomic E-state index is 0.592. The fourth-order valence-corrected chi connectivity index (χ4v) is 2.26. The molecule has 1 aromatic carbocycles. The quantitative estimate of drug-likeness (QED) is 0.607. The lowest BCUT2D eigenvalue weighted by atomic mass is 10.2. The number of hydrogen-bond donors (Lipinski definition) is 1. The van der Waals surface area contributed by atoms with Gasteiger partial charge < -0.3 is 10.5 Å². The fourth-order valence-electron chi connectivity index (χ4n) is 1.37. The van der Waals surface area contributed by atoms with Crippen molar-refractivity contribution >= 4 is 33.4 Å². The number of aldehydes is 1. The zero-order chi connectivity index (χ0) is 10.1. The maximum Gasteiger partial charge on any atom is 0.160 e. The van der Waals surface area contributed by atoms with Gasteiger partial charge in [0.2, 0.25) is 0 Å². The zero-order valence-corrected chi connectivity index (χ0v) is 8.43. The zero-order valence-electron chi connectivity index (χ0n) is 7.61. The van der Waals surface area contributed by atoms with E-state index in [4.69, 9.17) is 10.5 Å². The summed E-state index contributed by atoms with van der Waals surface area (Å²) < 4.78 is 6.09. The number of ether oxygens (including phenoxy) is 1. The maximum absolute atomic E-state index is 10.6. The minimum atomic E-state index is 0.592. The first kappa shape index (κ1) is 9.02. The van der Waals surface area contributed by atoms with E-state index in [0.29, 0.717) is 16.3 Å². The van der Waals surface area contributed by atoms with E-state index in [-0.39, 0.29) is 0 Å². The Bertz CT molecular complexity index is 490. The van der Waals surface area contributed by atoms with Crippen LogP contribution in [-0.4, -0.2) is 13.4 Å². The molecule has 2 rings (SSSR count). The second-order valence-electron chi connectivity index (χ2n) is 2.86. The van der Waals surface area contributed by atoms with Gasteiger partial charge in [0.1, 0.15) is 5.75 Å². The number of anilines is 1. The largest absolute Gasteiger partial charge is 0.495 e. The van der Waals surface area contributed by atoms with Crippen molar-refractivity contribution < 1.29 is 9.53 Å². The molecule has 1 heterocycles. The Morgan fingerprint density at radius 2 is 2.29 bits per heavy atom. The first-order chi connectivity index (χ1) is 6.76. The fraction of sp³-hybridized carbons (Fsp3) is 0.100. The molecule has 0 radical (unpaired) electrons. The molecule has 2 aromatic rings. The highest BCUT2D eigenvalue weighted by atomic mass is 32.1. The number of carbonyl (C=O) groups excluding carboxylic acids is 1. The Morgan fingerprint density at radius 3 is 2.93 bits per heavy atom. The first-order valence-electron chi connectivity index (χ1n) is 4.07. The molecule has 0 atom stereocenters. The van der Waals surface area contributed by atoms with Crippen LogP contribution in [0.3, 0.4) is 0 Å². The van der Waals surface area contributed by atoms with E-state index < -0.39 is 0 Å². The lowest BCUT2D eigenvalue weighted by molar-refractivity contribution is 0.112. The predicted octanol–water partition coefficient (Wildman–Crippen LogP) is 2.30. The van der Waals surface area contributed by atoms with Gasteiger partial charge in [0.15, 0.2) is 6.29 Å². The molecule has 0 unspecified atom stereocenters. The third-order valence-electron chi connectivity index (χ3n) is 2.06. The van der Waals surface area contributed by atoms with Crippen LogP contribution in [0.4, 0.5) is 5.69 Å². The summed E-state index contributed by atoms with van der Waals surface area (Å²) in [5.74, 6) is 0.646. The Labute approximate surface area is 85.1 Å². The Balaban J connectivity index is 2.74. The third kappa shape index (κ3) is 1.24. The SMILES string of the molecule is COc1ccc2sc(C=O)cc2c1N. The average molecular weight is 207 g/mol. The van der Waals surface area contributed by atoms with Gasteiger partial charge in [-0.05, 0) is 18.2 Å². The third-order valence-corrected chi connectivity index (χ3v) is 3.08. The van der Waals surface area contributed by atoms with Crippen LogP contribution in [-0.2, 0) is 0 Å². The molecule has 2 N–H and O–H groups in total. The van der Waals surface area contributed by atoms with Crippen LogP contribution in [0.15, 0.2) is 18.2 Å². The number of carbonyl (C=O) groups is 1. The summed E-state index contributed by atoms with van der Waals surface area (Å²) in [5, 5.41) is 0.886. The van der Waals surface area contributed by atoms with Crippen molar-refractivity contribution in [1.82, 2.24) is 0 Å². The first-order valence-corrected chi connectivity index (χ1v) is 4.89. The van der Waals surface area contributed by atoms with Crippen LogP contribution in [0.2, 0.25) is 0 Å². The van der Waals surface area contributed by atoms with Crippen molar-refractivity contribution in [3.63, 3.8) is 0 Å². The molecule has 3 nitrogen and oxygen atoms in total. The van der Waals surface area contributed by atoms with Gasteiger partial charge in [0.05, 0.1) is 17.7 Å². The number of nitrogens with two attached hydrogens (primary N) is 1. The summed E-state index contributed by atoms with van der Waals surface area (Å²) in [5.41, 5.74) is 6.46. The van der Waals surface area contributed by atoms with Crippen molar-refractivity contribution in [2.45, 2.75) is 0 Å². The smallest absolute Gasteiger partial charge is 0.160 e. The number of fused-ring (bicyclic) bond motifs is 1. The molecule has 0 aliphatic rings. The molecule has 14 heavy (non-hydrogen) atoms. The molecule has 72 valence electrons. The number of methoxy groups -OCH3 is 1. The molecule has 4 heteroatoms. The van der Waals surface area contributed by atoms with Crippen molar-refractivity contribution in [2.24, 2.45) is 0 Å². The minimum Gasteiger partial charge on any atom is -0.495 e. The number of benzene rings is 1. The second-order valence-corrected chi connectivity index (χ2v) is 3.98. The normalized spacial score (nSPS) is 10.4. The highest BCUT2D eigenvalue weighted by Crippen LogP contribution is 2.34. The van der Waals surface area contributed by atoms with E-state index in [1.165, 1.54) is 11.3 Å². The summed E-state index contributed by atoms with van der Waals surface area (Å²) in [6, 6.07) is 5.50. The summed E-state index contributed by atoms with van der Waals surface area (Å²) in [6.45, 7) is 0. The van der Waals surface area contributed by atoms with Gasteiger partial charge in [0.25, 0.3) is 0 Å². The Kier molecular flexibility index (Phi) is 2.13. The van der Waals surface area contributed by atoms with Crippen LogP contribution >= 0.6 is 11.3 Å². The van der Waals surface area contributed by atoms with Gasteiger partial charge in [-0.2, -0.15) is 0 Å². The van der Waals surface area contributed by atoms with Crippen molar-refractivity contribution in [3.05, 3.63) is 23.1 Å². The van der Waals surface area contributed by atoms with Gasteiger partial charge >= 0.3 is 0 Å². The van der Waals surface area contributed by atoms with Crippen LogP contribution in [0.1, 0.15) is 9.67 Å². The lowest BCUT2D eigenvalue weighted by Gasteiger charge is -2.03. The van der Waals surface area contributed by atoms with Crippen LogP contribution in [0.5, 0.6) is 5.75 Å². The Hall–Kier alpha value is -1.55. The molecule has 0 saturated heterocycles. The van der Waals surface area contributed by atoms with E-state index in [1.807, 2.05) is 12.1 Å². The van der Waals surface area contributed by atoms with Crippen LogP contribution in [0, 0.1) is 0 Å². The monoisotopic (exact) mass is 207 g/mol. The molecule has 0 saturated carbocycles. The van der Waals surface area contributed by atoms with E-state index in [0.717, 1.165) is 16.4 Å². The standard InChI is InChI=1S/C10H9NO2S/c1-13-8-2-3-9-7(10(8)11)4-6(5-12)14-9/h2-5H,11H2,1H3.